The Morgan fingerprint density at radius 2 is 1.68 bits per heavy atom. The molecule has 2 aliphatic heterocycles. The molecule has 0 saturated heterocycles. The van der Waals surface area contributed by atoms with Crippen LogP contribution in [0.4, 0.5) is 14.7 Å². The molecule has 0 bridgehead atoms. The van der Waals surface area contributed by atoms with Crippen LogP contribution in [0.1, 0.15) is 28.8 Å². The molecule has 0 amide bonds. The monoisotopic (exact) mass is 414 g/mol. The fourth-order valence-electron chi connectivity index (χ4n) is 4.33. The molecule has 152 valence electrons. The molecule has 6 rings (SSSR count). The molecule has 7 heteroatoms. The van der Waals surface area contributed by atoms with E-state index in [-0.39, 0.29) is 11.6 Å². The topological polar surface area (TPSA) is 52.0 Å². The van der Waals surface area contributed by atoms with E-state index in [4.69, 9.17) is 4.74 Å². The number of hydrogen-bond donors (Lipinski definition) is 1. The fourth-order valence-corrected chi connectivity index (χ4v) is 4.33. The van der Waals surface area contributed by atoms with E-state index in [9.17, 15) is 4.39 Å². The Labute approximate surface area is 176 Å². The minimum atomic E-state index is -0.585. The van der Waals surface area contributed by atoms with Gasteiger partial charge in [0.25, 0.3) is 0 Å². The third kappa shape index (κ3) is 2.73. The lowest BCUT2D eigenvalue weighted by Gasteiger charge is -2.39. The van der Waals surface area contributed by atoms with Gasteiger partial charge < -0.3 is 10.1 Å². The minimum Gasteiger partial charge on any atom is -0.480 e. The molecule has 5 nitrogen and oxygen atoms in total. The van der Waals surface area contributed by atoms with Crippen LogP contribution in [0.3, 0.4) is 0 Å². The van der Waals surface area contributed by atoms with Crippen LogP contribution in [-0.4, -0.2) is 14.8 Å². The van der Waals surface area contributed by atoms with Gasteiger partial charge in [0.15, 0.2) is 0 Å². The van der Waals surface area contributed by atoms with E-state index in [0.717, 1.165) is 22.4 Å². The largest absolute Gasteiger partial charge is 0.480 e. The number of halogens is 2. The zero-order valence-electron chi connectivity index (χ0n) is 16.2. The fraction of sp³-hybridized carbons (Fsp3) is 0.0833. The molecule has 0 radical (unpaired) electrons. The van der Waals surface area contributed by atoms with Crippen LogP contribution in [0, 0.1) is 11.6 Å². The molecule has 0 aliphatic carbocycles. The summed E-state index contributed by atoms with van der Waals surface area (Å²) in [5.41, 5.74) is 3.65. The number of aromatic nitrogens is 3. The molecule has 0 spiro atoms. The zero-order chi connectivity index (χ0) is 20.9. The van der Waals surface area contributed by atoms with Crippen molar-refractivity contribution in [2.75, 3.05) is 5.32 Å². The third-order valence-corrected chi connectivity index (χ3v) is 5.69. The van der Waals surface area contributed by atoms with Gasteiger partial charge in [0, 0.05) is 16.7 Å². The first-order chi connectivity index (χ1) is 15.2. The lowest BCUT2D eigenvalue weighted by atomic mass is 9.84. The summed E-state index contributed by atoms with van der Waals surface area (Å²) in [7, 11) is 0. The second-order valence-electron chi connectivity index (χ2n) is 7.45. The van der Waals surface area contributed by atoms with E-state index < -0.39 is 12.1 Å². The summed E-state index contributed by atoms with van der Waals surface area (Å²) >= 11 is 0. The number of nitrogens with one attached hydrogen (secondary N) is 1. The number of fused-ring (bicyclic) bond motifs is 3. The highest BCUT2D eigenvalue weighted by Gasteiger charge is 2.41. The predicted molar refractivity (Wildman–Crippen MR) is 111 cm³/mol. The predicted octanol–water partition coefficient (Wildman–Crippen LogP) is 5.12. The summed E-state index contributed by atoms with van der Waals surface area (Å²) in [5.74, 6) is 0.518. The molecule has 2 aliphatic rings. The number of hydrogen-bond acceptors (Lipinski definition) is 4. The van der Waals surface area contributed by atoms with Gasteiger partial charge in [-0.1, -0.05) is 42.5 Å². The zero-order valence-corrected chi connectivity index (χ0v) is 16.2. The van der Waals surface area contributed by atoms with Crippen LogP contribution in [0.15, 0.2) is 84.7 Å². The Morgan fingerprint density at radius 1 is 0.903 bits per heavy atom. The first-order valence-corrected chi connectivity index (χ1v) is 9.87. The molecular formula is C24H16F2N4O. The maximum absolute atomic E-state index is 15.0. The van der Waals surface area contributed by atoms with Gasteiger partial charge in [-0.2, -0.15) is 10.1 Å². The number of ether oxygens (including phenoxy) is 1. The third-order valence-electron chi connectivity index (χ3n) is 5.69. The van der Waals surface area contributed by atoms with E-state index in [1.807, 2.05) is 24.3 Å². The first-order valence-electron chi connectivity index (χ1n) is 9.87. The summed E-state index contributed by atoms with van der Waals surface area (Å²) in [6.07, 6.45) is 0.869. The SMILES string of the molecule is Fc1ccc(C2Oc3ccccc3C3=C2C(c2ccccc2F)n2ncnc2N3)cc1. The molecule has 31 heavy (non-hydrogen) atoms. The summed E-state index contributed by atoms with van der Waals surface area (Å²) in [6, 6.07) is 19.9. The molecule has 2 atom stereocenters. The molecule has 4 aromatic rings. The average molecular weight is 414 g/mol. The Bertz CT molecular complexity index is 1330. The molecule has 3 heterocycles. The van der Waals surface area contributed by atoms with Crippen molar-refractivity contribution in [1.29, 1.82) is 0 Å². The molecule has 0 saturated carbocycles. The van der Waals surface area contributed by atoms with Crippen molar-refractivity contribution in [2.24, 2.45) is 0 Å². The summed E-state index contributed by atoms with van der Waals surface area (Å²) in [5, 5.41) is 7.73. The van der Waals surface area contributed by atoms with E-state index >= 15 is 4.39 Å². The highest BCUT2D eigenvalue weighted by atomic mass is 19.1. The van der Waals surface area contributed by atoms with Crippen LogP contribution >= 0.6 is 0 Å². The Kier molecular flexibility index (Phi) is 3.89. The van der Waals surface area contributed by atoms with Gasteiger partial charge in [-0.05, 0) is 35.9 Å². The Hall–Kier alpha value is -4.00. The van der Waals surface area contributed by atoms with Crippen molar-refractivity contribution in [3.63, 3.8) is 0 Å². The standard InChI is InChI=1S/C24H16F2N4O/c25-15-11-9-14(10-12-15)23-20-21(17-6-2-4-8-19(17)31-23)29-24-27-13-28-30(24)22(20)16-5-1-3-7-18(16)26/h1-13,22-23H,(H,27,28,29). The van der Waals surface area contributed by atoms with Crippen molar-refractivity contribution in [2.45, 2.75) is 12.1 Å². The molecule has 1 N–H and O–H groups in total. The number of rotatable bonds is 2. The van der Waals surface area contributed by atoms with Crippen LogP contribution in [0.2, 0.25) is 0 Å². The van der Waals surface area contributed by atoms with Gasteiger partial charge in [0.2, 0.25) is 5.95 Å². The van der Waals surface area contributed by atoms with Gasteiger partial charge in [0.1, 0.15) is 35.9 Å². The van der Waals surface area contributed by atoms with E-state index in [1.165, 1.54) is 24.5 Å². The highest BCUT2D eigenvalue weighted by Crippen LogP contribution is 2.50. The summed E-state index contributed by atoms with van der Waals surface area (Å²) < 4.78 is 36.7. The minimum absolute atomic E-state index is 0.333. The molecular weight excluding hydrogens is 398 g/mol. The van der Waals surface area contributed by atoms with Crippen LogP contribution in [-0.2, 0) is 0 Å². The second kappa shape index (κ2) is 6.77. The van der Waals surface area contributed by atoms with Crippen molar-refractivity contribution in [3.05, 3.63) is 113 Å². The van der Waals surface area contributed by atoms with Crippen LogP contribution in [0.25, 0.3) is 5.70 Å². The average Bonchev–Trinajstić information content (AvgIpc) is 3.27. The smallest absolute Gasteiger partial charge is 0.226 e. The second-order valence-corrected chi connectivity index (χ2v) is 7.45. The molecule has 0 fully saturated rings. The Morgan fingerprint density at radius 3 is 2.52 bits per heavy atom. The number of para-hydroxylation sites is 1. The number of nitrogens with zero attached hydrogens (tertiary/aromatic N) is 3. The maximum atomic E-state index is 15.0. The lowest BCUT2D eigenvalue weighted by Crippen LogP contribution is -2.32. The van der Waals surface area contributed by atoms with Crippen molar-refractivity contribution >= 4 is 11.6 Å². The first kappa shape index (κ1) is 17.8. The normalized spacial score (nSPS) is 19.0. The van der Waals surface area contributed by atoms with Gasteiger partial charge in [-0.15, -0.1) is 0 Å². The number of anilines is 1. The van der Waals surface area contributed by atoms with Crippen molar-refractivity contribution < 1.29 is 13.5 Å². The molecule has 1 aromatic heterocycles. The van der Waals surface area contributed by atoms with Crippen molar-refractivity contribution in [1.82, 2.24) is 14.8 Å². The van der Waals surface area contributed by atoms with Crippen LogP contribution < -0.4 is 10.1 Å². The molecule has 3 aromatic carbocycles. The summed E-state index contributed by atoms with van der Waals surface area (Å²) in [6.45, 7) is 0. The molecule has 2 unspecified atom stereocenters. The van der Waals surface area contributed by atoms with Gasteiger partial charge in [-0.25, -0.2) is 13.5 Å². The van der Waals surface area contributed by atoms with E-state index in [1.54, 1.807) is 35.0 Å². The summed E-state index contributed by atoms with van der Waals surface area (Å²) in [4.78, 5) is 4.33. The van der Waals surface area contributed by atoms with Gasteiger partial charge >= 0.3 is 0 Å². The van der Waals surface area contributed by atoms with E-state index in [2.05, 4.69) is 15.4 Å². The maximum Gasteiger partial charge on any atom is 0.226 e. The van der Waals surface area contributed by atoms with Crippen molar-refractivity contribution in [3.8, 4) is 5.75 Å². The Balaban J connectivity index is 1.65. The van der Waals surface area contributed by atoms with E-state index in [0.29, 0.717) is 17.3 Å². The van der Waals surface area contributed by atoms with Gasteiger partial charge in [-0.3, -0.25) is 0 Å². The quantitative estimate of drug-likeness (QED) is 0.495. The van der Waals surface area contributed by atoms with Gasteiger partial charge in [0.05, 0.1) is 5.70 Å². The lowest BCUT2D eigenvalue weighted by molar-refractivity contribution is 0.222. The number of benzene rings is 3. The van der Waals surface area contributed by atoms with Crippen LogP contribution in [0.5, 0.6) is 5.75 Å². The highest BCUT2D eigenvalue weighted by molar-refractivity contribution is 5.85.